The molecule has 0 saturated heterocycles. The number of benzene rings is 5. The summed E-state index contributed by atoms with van der Waals surface area (Å²) < 4.78 is 19.4. The Hall–Kier alpha value is -7.56. The predicted octanol–water partition coefficient (Wildman–Crippen LogP) is 12.9. The maximum absolute atomic E-state index is 14.3. The lowest BCUT2D eigenvalue weighted by molar-refractivity contribution is -0.394. The van der Waals surface area contributed by atoms with E-state index >= 15 is 0 Å². The maximum Gasteiger partial charge on any atom is 0.411 e. The molecule has 388 valence electrons. The fraction of sp³-hybridized carbons (Fsp3) is 0.439. The molecule has 4 fully saturated rings. The highest BCUT2D eigenvalue weighted by Gasteiger charge is 2.68. The Morgan fingerprint density at radius 3 is 1.88 bits per heavy atom. The van der Waals surface area contributed by atoms with E-state index in [1.165, 1.54) is 0 Å². The van der Waals surface area contributed by atoms with Crippen molar-refractivity contribution in [2.24, 2.45) is 46.3 Å². The van der Waals surface area contributed by atoms with Crippen LogP contribution in [0.3, 0.4) is 0 Å². The van der Waals surface area contributed by atoms with Gasteiger partial charge in [-0.1, -0.05) is 87.5 Å². The standard InChI is InChI=1S/C57H64N6O11/c1-6-25-61(5)51(64)22-15-34(2)46-20-21-47-52-48(33-50(57(46,47)4)74-55(67)60-42-30-43(62(68)69)32-44(31-42)63(70)71)56(3)24-23-45(72-53(65)58-40-18-16-35-11-7-9-13-37(35)26-40)28-39(56)29-49(52)73-54(66)59-41-19-17-36-12-8-10-14-38(36)27-41/h6-14,16-19,26-27,30-32,34,39,45-50,52H,1,15,20-25,28-29,33H2,2-5H3,(H,58,65)(H,59,66)(H,60,67)/t34-,39?,45-,46-,47+,48+,49-,50+,52+,56+,57-/m1/s1. The lowest BCUT2D eigenvalue weighted by Gasteiger charge is -2.64. The van der Waals surface area contributed by atoms with Gasteiger partial charge in [0.1, 0.15) is 18.3 Å². The summed E-state index contributed by atoms with van der Waals surface area (Å²) in [4.78, 5) is 79.1. The van der Waals surface area contributed by atoms with Gasteiger partial charge >= 0.3 is 18.3 Å². The zero-order valence-corrected chi connectivity index (χ0v) is 42.2. The smallest absolute Gasteiger partial charge is 0.411 e. The Bertz CT molecular complexity index is 2970. The molecule has 0 bridgehead atoms. The molecule has 1 unspecified atom stereocenters. The molecule has 17 heteroatoms. The number of non-ortho nitro benzene ring substituents is 2. The van der Waals surface area contributed by atoms with E-state index < -0.39 is 63.2 Å². The van der Waals surface area contributed by atoms with Crippen LogP contribution in [0.1, 0.15) is 78.6 Å². The van der Waals surface area contributed by atoms with Gasteiger partial charge in [0.25, 0.3) is 11.4 Å². The van der Waals surface area contributed by atoms with Crippen molar-refractivity contribution in [1.29, 1.82) is 0 Å². The Kier molecular flexibility index (Phi) is 14.7. The predicted molar refractivity (Wildman–Crippen MR) is 282 cm³/mol. The first-order chi connectivity index (χ1) is 35.4. The molecule has 5 aromatic carbocycles. The summed E-state index contributed by atoms with van der Waals surface area (Å²) in [6.45, 7) is 10.7. The Morgan fingerprint density at radius 2 is 1.28 bits per heavy atom. The minimum Gasteiger partial charge on any atom is -0.446 e. The molecule has 0 aromatic heterocycles. The number of anilines is 3. The van der Waals surface area contributed by atoms with Crippen LogP contribution in [0.2, 0.25) is 0 Å². The van der Waals surface area contributed by atoms with Crippen LogP contribution in [-0.2, 0) is 19.0 Å². The van der Waals surface area contributed by atoms with E-state index in [2.05, 4.69) is 43.3 Å². The minimum atomic E-state index is -0.919. The highest BCUT2D eigenvalue weighted by Crippen LogP contribution is 2.69. The number of hydrogen-bond acceptors (Lipinski definition) is 11. The normalized spacial score (nSPS) is 27.2. The number of nitrogens with zero attached hydrogens (tertiary/aromatic N) is 3. The molecule has 11 atom stereocenters. The highest BCUT2D eigenvalue weighted by molar-refractivity contribution is 5.92. The third-order valence-electron chi connectivity index (χ3n) is 17.4. The van der Waals surface area contributed by atoms with Crippen LogP contribution >= 0.6 is 0 Å². The van der Waals surface area contributed by atoms with E-state index in [0.717, 1.165) is 52.6 Å². The molecule has 5 aromatic rings. The second kappa shape index (κ2) is 21.1. The third kappa shape index (κ3) is 10.5. The number of nitrogens with one attached hydrogen (secondary N) is 3. The molecule has 3 N–H and O–H groups in total. The number of nitro groups is 2. The van der Waals surface area contributed by atoms with Crippen molar-refractivity contribution in [1.82, 2.24) is 4.90 Å². The molecule has 4 aliphatic carbocycles. The van der Waals surface area contributed by atoms with Crippen molar-refractivity contribution in [2.75, 3.05) is 29.5 Å². The summed E-state index contributed by atoms with van der Waals surface area (Å²) in [6.07, 6.45) is 2.81. The second-order valence-electron chi connectivity index (χ2n) is 21.5. The first-order valence-corrected chi connectivity index (χ1v) is 25.6. The molecule has 0 aliphatic heterocycles. The van der Waals surface area contributed by atoms with Crippen LogP contribution in [0, 0.1) is 66.6 Å². The summed E-state index contributed by atoms with van der Waals surface area (Å²) >= 11 is 0. The van der Waals surface area contributed by atoms with Gasteiger partial charge in [-0.15, -0.1) is 6.58 Å². The molecule has 0 heterocycles. The second-order valence-corrected chi connectivity index (χ2v) is 21.5. The molecule has 74 heavy (non-hydrogen) atoms. The average molecular weight is 1010 g/mol. The first-order valence-electron chi connectivity index (χ1n) is 25.6. The van der Waals surface area contributed by atoms with Gasteiger partial charge in [0.2, 0.25) is 5.91 Å². The topological polar surface area (TPSA) is 222 Å². The SMILES string of the molecule is C=CCN(C)C(=O)CC[C@@H](C)[C@H]1CC[C@H]2[C@@H]3[C@H](OC(=O)Nc4ccc5ccccc5c4)CC4C[C@H](OC(=O)Nc5ccc6ccccc6c5)CC[C@]4(C)[C@H]3C[C@H](OC(=O)Nc3cc([N+](=O)[O-])cc([N+](=O)[O-])c3)[C@]12C. The summed E-state index contributed by atoms with van der Waals surface area (Å²) in [7, 11) is 1.75. The zero-order valence-electron chi connectivity index (χ0n) is 42.2. The molecule has 0 radical (unpaired) electrons. The van der Waals surface area contributed by atoms with Crippen molar-refractivity contribution in [3.05, 3.63) is 136 Å². The maximum atomic E-state index is 14.3. The first kappa shape index (κ1) is 51.3. The molecule has 17 nitrogen and oxygen atoms in total. The Balaban J connectivity index is 1.03. The van der Waals surface area contributed by atoms with Gasteiger partial charge in [-0.3, -0.25) is 41.0 Å². The monoisotopic (exact) mass is 1010 g/mol. The minimum absolute atomic E-state index is 0.00736. The number of likely N-dealkylation sites (N-methyl/N-ethyl adjacent to an activating group) is 1. The van der Waals surface area contributed by atoms with E-state index in [0.29, 0.717) is 62.9 Å². The summed E-state index contributed by atoms with van der Waals surface area (Å²) in [5.41, 5.74) is -1.21. The van der Waals surface area contributed by atoms with Gasteiger partial charge in [-0.25, -0.2) is 14.4 Å². The molecule has 9 rings (SSSR count). The van der Waals surface area contributed by atoms with Crippen molar-refractivity contribution >= 4 is 74.2 Å². The summed E-state index contributed by atoms with van der Waals surface area (Å²) in [5.74, 6) is -0.642. The van der Waals surface area contributed by atoms with Crippen LogP contribution in [0.5, 0.6) is 0 Å². The number of fused-ring (bicyclic) bond motifs is 7. The highest BCUT2D eigenvalue weighted by atomic mass is 16.6. The summed E-state index contributed by atoms with van der Waals surface area (Å²) in [5, 5.41) is 36.1. The average Bonchev–Trinajstić information content (AvgIpc) is 3.74. The molecular weight excluding hydrogens is 945 g/mol. The van der Waals surface area contributed by atoms with Crippen molar-refractivity contribution < 1.29 is 43.2 Å². The van der Waals surface area contributed by atoms with Gasteiger partial charge in [0, 0.05) is 54.9 Å². The van der Waals surface area contributed by atoms with E-state index in [1.54, 1.807) is 18.0 Å². The number of nitro benzene ring substituents is 2. The lowest BCUT2D eigenvalue weighted by atomic mass is 9.43. The third-order valence-corrected chi connectivity index (χ3v) is 17.4. The van der Waals surface area contributed by atoms with Crippen LogP contribution in [0.15, 0.2) is 116 Å². The Morgan fingerprint density at radius 1 is 0.716 bits per heavy atom. The van der Waals surface area contributed by atoms with Gasteiger partial charge in [0.05, 0.1) is 21.6 Å². The van der Waals surface area contributed by atoms with E-state index in [9.17, 15) is 39.4 Å². The van der Waals surface area contributed by atoms with E-state index in [4.69, 9.17) is 14.2 Å². The largest absolute Gasteiger partial charge is 0.446 e. The summed E-state index contributed by atoms with van der Waals surface area (Å²) in [6, 6.07) is 30.1. The quantitative estimate of drug-likeness (QED) is 0.0411. The van der Waals surface area contributed by atoms with Gasteiger partial charge in [-0.2, -0.15) is 0 Å². The lowest BCUT2D eigenvalue weighted by Crippen LogP contribution is -2.63. The van der Waals surface area contributed by atoms with Crippen molar-refractivity contribution in [2.45, 2.75) is 96.9 Å². The fourth-order valence-corrected chi connectivity index (χ4v) is 13.8. The number of rotatable bonds is 14. The van der Waals surface area contributed by atoms with Crippen molar-refractivity contribution in [3.63, 3.8) is 0 Å². The van der Waals surface area contributed by atoms with Gasteiger partial charge in [-0.05, 0) is 132 Å². The van der Waals surface area contributed by atoms with Gasteiger partial charge in [0.15, 0.2) is 0 Å². The number of amides is 4. The van der Waals surface area contributed by atoms with Crippen LogP contribution in [0.4, 0.5) is 42.8 Å². The van der Waals surface area contributed by atoms with Crippen LogP contribution in [-0.4, -0.2) is 70.8 Å². The molecule has 4 saturated carbocycles. The number of ether oxygens (including phenoxy) is 3. The molecule has 4 aliphatic rings. The number of carbonyl (C=O) groups is 4. The molecule has 0 spiro atoms. The van der Waals surface area contributed by atoms with E-state index in [-0.39, 0.29) is 52.5 Å². The van der Waals surface area contributed by atoms with Gasteiger partial charge < -0.3 is 19.1 Å². The zero-order chi connectivity index (χ0) is 52.5. The van der Waals surface area contributed by atoms with Crippen LogP contribution in [0.25, 0.3) is 21.5 Å². The Labute approximate surface area is 429 Å². The number of carbonyl (C=O) groups excluding carboxylic acids is 4. The number of hydrogen-bond donors (Lipinski definition) is 3. The molecular formula is C57H64N6O11. The van der Waals surface area contributed by atoms with E-state index in [1.807, 2.05) is 84.9 Å². The van der Waals surface area contributed by atoms with Crippen LogP contribution < -0.4 is 16.0 Å². The fourth-order valence-electron chi connectivity index (χ4n) is 13.8. The van der Waals surface area contributed by atoms with Crippen molar-refractivity contribution in [3.8, 4) is 0 Å². The molecule has 4 amide bonds.